The number of phenolic OH excluding ortho intramolecular Hbond substituents is 1. The molecule has 1 aromatic heterocycles. The molecular formula is C21H15IN2O3S. The topological polar surface area (TPSA) is 66.0 Å². The summed E-state index contributed by atoms with van der Waals surface area (Å²) in [5.74, 6) is 0.785. The van der Waals surface area contributed by atoms with Gasteiger partial charge in [-0.3, -0.25) is 9.69 Å². The summed E-state index contributed by atoms with van der Waals surface area (Å²) in [6, 6.07) is 18.4. The molecule has 1 N–H and O–H groups in total. The van der Waals surface area contributed by atoms with Gasteiger partial charge in [0, 0.05) is 0 Å². The van der Waals surface area contributed by atoms with Gasteiger partial charge < -0.3 is 9.52 Å². The normalized spacial score (nSPS) is 17.0. The zero-order chi connectivity index (χ0) is 19.5. The summed E-state index contributed by atoms with van der Waals surface area (Å²) in [4.78, 5) is 19.9. The second-order valence-electron chi connectivity index (χ2n) is 6.02. The number of halogens is 1. The van der Waals surface area contributed by atoms with Gasteiger partial charge in [0.2, 0.25) is 0 Å². The zero-order valence-electron chi connectivity index (χ0n) is 14.6. The van der Waals surface area contributed by atoms with E-state index in [1.807, 2.05) is 48.5 Å². The standard InChI is InChI=1S/C21H15IN2O3S/c22-17-11-14(8-9-18(17)25)12-19-20(26)24(13-16-7-4-10-27-16)21(28-19)23-15-5-2-1-3-6-15/h1-12,25H,13H2/b19-12-,23-21?. The van der Waals surface area contributed by atoms with Crippen molar-refractivity contribution in [1.29, 1.82) is 0 Å². The Hall–Kier alpha value is -2.52. The Labute approximate surface area is 179 Å². The van der Waals surface area contributed by atoms with Crippen molar-refractivity contribution < 1.29 is 14.3 Å². The number of benzene rings is 2. The Kier molecular flexibility index (Phi) is 5.54. The van der Waals surface area contributed by atoms with E-state index in [1.165, 1.54) is 11.8 Å². The summed E-state index contributed by atoms with van der Waals surface area (Å²) in [5.41, 5.74) is 1.62. The van der Waals surface area contributed by atoms with Gasteiger partial charge in [-0.1, -0.05) is 24.3 Å². The molecule has 0 unspecified atom stereocenters. The molecule has 0 aliphatic carbocycles. The minimum absolute atomic E-state index is 0.126. The van der Waals surface area contributed by atoms with Crippen LogP contribution >= 0.6 is 34.4 Å². The molecule has 1 aliphatic heterocycles. The van der Waals surface area contributed by atoms with Crippen LogP contribution in [0.2, 0.25) is 0 Å². The minimum Gasteiger partial charge on any atom is -0.507 e. The number of phenols is 1. The highest BCUT2D eigenvalue weighted by atomic mass is 127. The van der Waals surface area contributed by atoms with E-state index in [9.17, 15) is 9.90 Å². The van der Waals surface area contributed by atoms with Crippen LogP contribution in [0.25, 0.3) is 6.08 Å². The number of carbonyl (C=O) groups excluding carboxylic acids is 1. The van der Waals surface area contributed by atoms with Crippen molar-refractivity contribution in [2.24, 2.45) is 4.99 Å². The van der Waals surface area contributed by atoms with Gasteiger partial charge in [0.25, 0.3) is 5.91 Å². The molecule has 0 saturated carbocycles. The fourth-order valence-electron chi connectivity index (χ4n) is 2.67. The average Bonchev–Trinajstić information content (AvgIpc) is 3.30. The molecule has 0 radical (unpaired) electrons. The molecule has 4 rings (SSSR count). The lowest BCUT2D eigenvalue weighted by molar-refractivity contribution is -0.122. The van der Waals surface area contributed by atoms with Gasteiger partial charge in [-0.25, -0.2) is 4.99 Å². The van der Waals surface area contributed by atoms with Crippen LogP contribution in [0, 0.1) is 3.57 Å². The predicted octanol–water partition coefficient (Wildman–Crippen LogP) is 5.39. The predicted molar refractivity (Wildman–Crippen MR) is 119 cm³/mol. The van der Waals surface area contributed by atoms with Crippen LogP contribution in [0.3, 0.4) is 0 Å². The number of amides is 1. The zero-order valence-corrected chi connectivity index (χ0v) is 17.6. The Morgan fingerprint density at radius 2 is 1.96 bits per heavy atom. The number of carbonyl (C=O) groups is 1. The molecular weight excluding hydrogens is 487 g/mol. The first-order valence-corrected chi connectivity index (χ1v) is 10.4. The highest BCUT2D eigenvalue weighted by Crippen LogP contribution is 2.35. The van der Waals surface area contributed by atoms with Crippen molar-refractivity contribution in [2.75, 3.05) is 0 Å². The first-order chi connectivity index (χ1) is 13.6. The molecule has 0 bridgehead atoms. The second kappa shape index (κ2) is 8.24. The molecule has 1 fully saturated rings. The number of thioether (sulfide) groups is 1. The van der Waals surface area contributed by atoms with E-state index >= 15 is 0 Å². The maximum atomic E-state index is 13.1. The molecule has 0 atom stereocenters. The van der Waals surface area contributed by atoms with Crippen LogP contribution in [0.4, 0.5) is 5.69 Å². The van der Waals surface area contributed by atoms with Crippen molar-refractivity contribution in [3.8, 4) is 5.75 Å². The van der Waals surface area contributed by atoms with Crippen molar-refractivity contribution in [2.45, 2.75) is 6.54 Å². The van der Waals surface area contributed by atoms with E-state index in [-0.39, 0.29) is 11.7 Å². The fraction of sp³-hybridized carbons (Fsp3) is 0.0476. The SMILES string of the molecule is O=C1/C(=C/c2ccc(O)c(I)c2)SC(=Nc2ccccc2)N1Cc1ccco1. The van der Waals surface area contributed by atoms with Gasteiger partial charge in [0.05, 0.1) is 27.0 Å². The molecule has 0 spiro atoms. The van der Waals surface area contributed by atoms with E-state index in [0.717, 1.165) is 14.8 Å². The monoisotopic (exact) mass is 502 g/mol. The molecule has 28 heavy (non-hydrogen) atoms. The lowest BCUT2D eigenvalue weighted by atomic mass is 10.2. The van der Waals surface area contributed by atoms with Crippen LogP contribution in [0.1, 0.15) is 11.3 Å². The number of aromatic hydroxyl groups is 1. The molecule has 5 nitrogen and oxygen atoms in total. The molecule has 2 aromatic carbocycles. The third-order valence-electron chi connectivity index (χ3n) is 4.03. The summed E-state index contributed by atoms with van der Waals surface area (Å²) >= 11 is 3.39. The Morgan fingerprint density at radius 1 is 1.14 bits per heavy atom. The van der Waals surface area contributed by atoms with Gasteiger partial charge >= 0.3 is 0 Å². The summed E-state index contributed by atoms with van der Waals surface area (Å²) < 4.78 is 6.15. The van der Waals surface area contributed by atoms with Crippen molar-refractivity contribution in [1.82, 2.24) is 4.90 Å². The van der Waals surface area contributed by atoms with Gasteiger partial charge in [-0.2, -0.15) is 0 Å². The number of rotatable bonds is 4. The minimum atomic E-state index is -0.126. The number of hydrogen-bond donors (Lipinski definition) is 1. The Bertz CT molecular complexity index is 1060. The molecule has 1 saturated heterocycles. The number of hydrogen-bond acceptors (Lipinski definition) is 5. The largest absolute Gasteiger partial charge is 0.507 e. The van der Waals surface area contributed by atoms with Crippen LogP contribution in [-0.4, -0.2) is 21.1 Å². The summed E-state index contributed by atoms with van der Waals surface area (Å²) in [5, 5.41) is 10.3. The number of aliphatic imine (C=N–C) groups is 1. The highest BCUT2D eigenvalue weighted by molar-refractivity contribution is 14.1. The van der Waals surface area contributed by atoms with Crippen molar-refractivity contribution >= 4 is 57.2 Å². The lowest BCUT2D eigenvalue weighted by Gasteiger charge is -2.13. The van der Waals surface area contributed by atoms with Crippen LogP contribution in [0.5, 0.6) is 5.75 Å². The molecule has 7 heteroatoms. The van der Waals surface area contributed by atoms with E-state index in [4.69, 9.17) is 4.42 Å². The van der Waals surface area contributed by atoms with Crippen LogP contribution < -0.4 is 0 Å². The van der Waals surface area contributed by atoms with Crippen molar-refractivity contribution in [3.63, 3.8) is 0 Å². The molecule has 140 valence electrons. The van der Waals surface area contributed by atoms with E-state index in [1.54, 1.807) is 29.4 Å². The van der Waals surface area contributed by atoms with E-state index in [2.05, 4.69) is 27.6 Å². The third kappa shape index (κ3) is 4.15. The number of amidine groups is 1. The first-order valence-electron chi connectivity index (χ1n) is 8.46. The number of furan rings is 1. The Balaban J connectivity index is 1.69. The van der Waals surface area contributed by atoms with Gasteiger partial charge in [-0.15, -0.1) is 0 Å². The fourth-order valence-corrected chi connectivity index (χ4v) is 4.20. The second-order valence-corrected chi connectivity index (χ2v) is 8.19. The summed E-state index contributed by atoms with van der Waals surface area (Å²) in [6.45, 7) is 0.314. The van der Waals surface area contributed by atoms with Crippen molar-refractivity contribution in [3.05, 3.63) is 86.7 Å². The summed E-state index contributed by atoms with van der Waals surface area (Å²) in [7, 11) is 0. The molecule has 3 aromatic rings. The highest BCUT2D eigenvalue weighted by Gasteiger charge is 2.34. The van der Waals surface area contributed by atoms with Gasteiger partial charge in [-0.05, 0) is 82.4 Å². The maximum absolute atomic E-state index is 13.1. The third-order valence-corrected chi connectivity index (χ3v) is 5.90. The maximum Gasteiger partial charge on any atom is 0.267 e. The molecule has 2 heterocycles. The summed E-state index contributed by atoms with van der Waals surface area (Å²) in [6.07, 6.45) is 3.41. The Morgan fingerprint density at radius 3 is 2.68 bits per heavy atom. The molecule has 1 aliphatic rings. The lowest BCUT2D eigenvalue weighted by Crippen LogP contribution is -2.28. The first kappa shape index (κ1) is 18.8. The average molecular weight is 502 g/mol. The quantitative estimate of drug-likeness (QED) is 0.384. The molecule has 1 amide bonds. The van der Waals surface area contributed by atoms with E-state index < -0.39 is 0 Å². The smallest absolute Gasteiger partial charge is 0.267 e. The number of nitrogens with zero attached hydrogens (tertiary/aromatic N) is 2. The van der Waals surface area contributed by atoms with Gasteiger partial charge in [0.1, 0.15) is 11.5 Å². The van der Waals surface area contributed by atoms with E-state index in [0.29, 0.717) is 22.4 Å². The van der Waals surface area contributed by atoms with Crippen LogP contribution in [-0.2, 0) is 11.3 Å². The van der Waals surface area contributed by atoms with Crippen LogP contribution in [0.15, 0.2) is 81.2 Å². The number of para-hydroxylation sites is 1. The van der Waals surface area contributed by atoms with Gasteiger partial charge in [0.15, 0.2) is 5.17 Å².